The van der Waals surface area contributed by atoms with E-state index in [1.54, 1.807) is 51.3 Å². The molecule has 13 nitrogen and oxygen atoms in total. The van der Waals surface area contributed by atoms with Gasteiger partial charge in [0.1, 0.15) is 22.9 Å². The maximum absolute atomic E-state index is 13.6. The molecule has 0 spiro atoms. The Morgan fingerprint density at radius 1 is 0.627 bits per heavy atom. The Balaban J connectivity index is 1.26. The molecule has 4 aliphatic carbocycles. The standard InChI is InChI=1S/C46H78N4O9/c1-44(2,3)57-41(53)47-25-13-29-49(27-10-11-28-50(43(55)59-46(7,8)9)30-14-26-48-42(54)58-45(4,5)6)39(51)23-24-40(52)56-34-19-22-36-33(31-34)18-21-37-35-16-12-15-32(35)17-20-38(36)37/h18,32,34-38H,10-17,19-31H2,1-9H3,(H,47,53)(H,48,54). The lowest BCUT2D eigenvalue weighted by atomic mass is 9.57. The third-order valence-electron chi connectivity index (χ3n) is 12.1. The van der Waals surface area contributed by atoms with Gasteiger partial charge in [0.2, 0.25) is 5.91 Å². The smallest absolute Gasteiger partial charge is 0.410 e. The van der Waals surface area contributed by atoms with Crippen molar-refractivity contribution in [2.24, 2.45) is 29.6 Å². The lowest BCUT2D eigenvalue weighted by Gasteiger charge is -2.49. The van der Waals surface area contributed by atoms with Crippen LogP contribution in [0.25, 0.3) is 0 Å². The molecule has 0 radical (unpaired) electrons. The number of amides is 4. The number of esters is 1. The van der Waals surface area contributed by atoms with Crippen molar-refractivity contribution in [3.63, 3.8) is 0 Å². The van der Waals surface area contributed by atoms with Crippen molar-refractivity contribution in [2.75, 3.05) is 39.3 Å². The second-order valence-electron chi connectivity index (χ2n) is 20.4. The number of hydrogen-bond acceptors (Lipinski definition) is 9. The quantitative estimate of drug-likeness (QED) is 0.0634. The number of carbonyl (C=O) groups excluding carboxylic acids is 5. The molecule has 3 fully saturated rings. The third-order valence-corrected chi connectivity index (χ3v) is 12.1. The number of carbonyl (C=O) groups is 5. The number of fused-ring (bicyclic) bond motifs is 5. The van der Waals surface area contributed by atoms with Crippen molar-refractivity contribution in [1.29, 1.82) is 0 Å². The second-order valence-corrected chi connectivity index (χ2v) is 20.4. The SMILES string of the molecule is CC(C)(C)OC(=O)NCCCN(CCCCN(CCCNC(=O)OC(C)(C)C)C(=O)OC(C)(C)C)C(=O)CCC(=O)OC1CCC2C(=CCC3C4CCCC4CCC23)C1. The molecule has 59 heavy (non-hydrogen) atoms. The van der Waals surface area contributed by atoms with Gasteiger partial charge >= 0.3 is 24.2 Å². The molecule has 3 saturated carbocycles. The molecule has 0 aliphatic heterocycles. The molecule has 4 amide bonds. The fourth-order valence-corrected chi connectivity index (χ4v) is 9.70. The first-order valence-electron chi connectivity index (χ1n) is 22.8. The second kappa shape index (κ2) is 21.8. The Kier molecular flexibility index (Phi) is 17.8. The number of nitrogens with one attached hydrogen (secondary N) is 2. The summed E-state index contributed by atoms with van der Waals surface area (Å²) in [6.07, 6.45) is 14.1. The maximum Gasteiger partial charge on any atom is 0.410 e. The molecule has 4 rings (SSSR count). The van der Waals surface area contributed by atoms with Crippen LogP contribution in [0.4, 0.5) is 14.4 Å². The van der Waals surface area contributed by atoms with Gasteiger partial charge in [0.15, 0.2) is 0 Å². The summed E-state index contributed by atoms with van der Waals surface area (Å²) in [6, 6.07) is 0. The highest BCUT2D eigenvalue weighted by molar-refractivity contribution is 5.81. The van der Waals surface area contributed by atoms with E-state index in [-0.39, 0.29) is 30.8 Å². The van der Waals surface area contributed by atoms with Gasteiger partial charge in [0.25, 0.3) is 0 Å². The van der Waals surface area contributed by atoms with E-state index in [9.17, 15) is 24.0 Å². The van der Waals surface area contributed by atoms with Crippen molar-refractivity contribution in [2.45, 2.75) is 182 Å². The molecule has 0 aromatic carbocycles. The van der Waals surface area contributed by atoms with Gasteiger partial charge in [-0.15, -0.1) is 0 Å². The third kappa shape index (κ3) is 16.8. The Hall–Kier alpha value is -3.51. The molecule has 4 aliphatic rings. The van der Waals surface area contributed by atoms with E-state index >= 15 is 0 Å². The summed E-state index contributed by atoms with van der Waals surface area (Å²) in [4.78, 5) is 67.6. The molecule has 0 aromatic heterocycles. The van der Waals surface area contributed by atoms with Gasteiger partial charge in [0, 0.05) is 52.1 Å². The number of allylic oxidation sites excluding steroid dienone is 1. The number of rotatable bonds is 17. The normalized spacial score (nSPS) is 24.0. The lowest BCUT2D eigenvalue weighted by Crippen LogP contribution is -2.41. The van der Waals surface area contributed by atoms with Crippen LogP contribution < -0.4 is 10.6 Å². The van der Waals surface area contributed by atoms with Crippen molar-refractivity contribution in [3.8, 4) is 0 Å². The number of unbranched alkanes of at least 4 members (excludes halogenated alkanes) is 1. The Morgan fingerprint density at radius 3 is 1.81 bits per heavy atom. The van der Waals surface area contributed by atoms with Crippen molar-refractivity contribution >= 4 is 30.2 Å². The van der Waals surface area contributed by atoms with Crippen molar-refractivity contribution < 1.29 is 42.9 Å². The molecule has 6 unspecified atom stereocenters. The Bertz CT molecular complexity index is 1440. The predicted octanol–water partition coefficient (Wildman–Crippen LogP) is 8.93. The van der Waals surface area contributed by atoms with Crippen LogP contribution in [0.2, 0.25) is 0 Å². The predicted molar refractivity (Wildman–Crippen MR) is 228 cm³/mol. The molecule has 2 N–H and O–H groups in total. The zero-order chi connectivity index (χ0) is 43.4. The summed E-state index contributed by atoms with van der Waals surface area (Å²) in [5, 5.41) is 5.49. The van der Waals surface area contributed by atoms with Crippen LogP contribution in [-0.4, -0.2) is 102 Å². The minimum absolute atomic E-state index is 0.0159. The fraction of sp³-hybridized carbons (Fsp3) is 0.848. The van der Waals surface area contributed by atoms with E-state index in [4.69, 9.17) is 18.9 Å². The van der Waals surface area contributed by atoms with Crippen molar-refractivity contribution in [1.82, 2.24) is 20.4 Å². The van der Waals surface area contributed by atoms with Crippen LogP contribution in [0.1, 0.15) is 159 Å². The van der Waals surface area contributed by atoms with Crippen LogP contribution in [0, 0.1) is 29.6 Å². The van der Waals surface area contributed by atoms with Gasteiger partial charge in [-0.1, -0.05) is 24.5 Å². The number of nitrogens with zero attached hydrogens (tertiary/aromatic N) is 2. The van der Waals surface area contributed by atoms with E-state index < -0.39 is 35.1 Å². The van der Waals surface area contributed by atoms with E-state index in [2.05, 4.69) is 16.7 Å². The molecule has 0 aromatic rings. The zero-order valence-corrected chi connectivity index (χ0v) is 38.0. The average molecular weight is 831 g/mol. The topological polar surface area (TPSA) is 153 Å². The van der Waals surface area contributed by atoms with Crippen LogP contribution in [0.15, 0.2) is 11.6 Å². The van der Waals surface area contributed by atoms with Gasteiger partial charge in [-0.3, -0.25) is 9.59 Å². The number of alkyl carbamates (subject to hydrolysis) is 2. The van der Waals surface area contributed by atoms with Crippen LogP contribution in [0.3, 0.4) is 0 Å². The summed E-state index contributed by atoms with van der Waals surface area (Å²) >= 11 is 0. The first kappa shape index (κ1) is 48.2. The molecule has 336 valence electrons. The van der Waals surface area contributed by atoms with Gasteiger partial charge in [-0.25, -0.2) is 14.4 Å². The van der Waals surface area contributed by atoms with E-state index in [0.717, 1.165) is 42.9 Å². The van der Waals surface area contributed by atoms with Gasteiger partial charge in [-0.05, 0) is 156 Å². The zero-order valence-electron chi connectivity index (χ0n) is 38.0. The summed E-state index contributed by atoms with van der Waals surface area (Å²) in [5.41, 5.74) is -0.403. The molecular weight excluding hydrogens is 753 g/mol. The van der Waals surface area contributed by atoms with E-state index in [0.29, 0.717) is 70.9 Å². The minimum Gasteiger partial charge on any atom is -0.462 e. The highest BCUT2D eigenvalue weighted by Gasteiger charge is 2.47. The van der Waals surface area contributed by atoms with E-state index in [1.807, 2.05) is 20.8 Å². The summed E-state index contributed by atoms with van der Waals surface area (Å²) in [7, 11) is 0. The fourth-order valence-electron chi connectivity index (χ4n) is 9.70. The molecule has 6 atom stereocenters. The number of hydrogen-bond donors (Lipinski definition) is 2. The summed E-state index contributed by atoms with van der Waals surface area (Å²) in [5.74, 6) is 3.66. The van der Waals surface area contributed by atoms with E-state index in [1.165, 1.54) is 44.1 Å². The monoisotopic (exact) mass is 831 g/mol. The summed E-state index contributed by atoms with van der Waals surface area (Å²) in [6.45, 7) is 18.5. The van der Waals surface area contributed by atoms with Crippen LogP contribution >= 0.6 is 0 Å². The minimum atomic E-state index is -0.674. The average Bonchev–Trinajstić information content (AvgIpc) is 3.61. The van der Waals surface area contributed by atoms with Gasteiger partial charge < -0.3 is 39.4 Å². The van der Waals surface area contributed by atoms with Gasteiger partial charge in [0.05, 0.1) is 6.42 Å². The first-order chi connectivity index (χ1) is 27.7. The molecular formula is C46H78N4O9. The lowest BCUT2D eigenvalue weighted by molar-refractivity contribution is -0.152. The largest absolute Gasteiger partial charge is 0.462 e. The number of ether oxygens (including phenoxy) is 4. The molecule has 13 heteroatoms. The van der Waals surface area contributed by atoms with Crippen LogP contribution in [0.5, 0.6) is 0 Å². The van der Waals surface area contributed by atoms with Gasteiger partial charge in [-0.2, -0.15) is 0 Å². The molecule has 0 bridgehead atoms. The maximum atomic E-state index is 13.6. The Morgan fingerprint density at radius 2 is 1.20 bits per heavy atom. The first-order valence-corrected chi connectivity index (χ1v) is 22.8. The van der Waals surface area contributed by atoms with Crippen LogP contribution in [-0.2, 0) is 28.5 Å². The molecule has 0 heterocycles. The highest BCUT2D eigenvalue weighted by Crippen LogP contribution is 2.56. The Labute approximate surface area is 354 Å². The van der Waals surface area contributed by atoms with Crippen molar-refractivity contribution in [3.05, 3.63) is 11.6 Å². The summed E-state index contributed by atoms with van der Waals surface area (Å²) < 4.78 is 22.3. The molecule has 0 saturated heterocycles. The highest BCUT2D eigenvalue weighted by atomic mass is 16.6.